The van der Waals surface area contributed by atoms with Gasteiger partial charge in [0, 0.05) is 11.3 Å². The quantitative estimate of drug-likeness (QED) is 0.664. The zero-order valence-corrected chi connectivity index (χ0v) is 14.2. The zero-order valence-electron chi connectivity index (χ0n) is 13.4. The van der Waals surface area contributed by atoms with E-state index in [1.807, 2.05) is 25.1 Å². The van der Waals surface area contributed by atoms with Gasteiger partial charge >= 0.3 is 0 Å². The number of rotatable bonds is 3. The minimum absolute atomic E-state index is 0.118. The van der Waals surface area contributed by atoms with Crippen LogP contribution in [0.2, 0.25) is 0 Å². The van der Waals surface area contributed by atoms with Crippen LogP contribution in [0.3, 0.4) is 0 Å². The third kappa shape index (κ3) is 3.49. The van der Waals surface area contributed by atoms with Crippen molar-refractivity contribution in [3.05, 3.63) is 65.2 Å². The van der Waals surface area contributed by atoms with Gasteiger partial charge in [0.05, 0.1) is 4.90 Å². The minimum Gasteiger partial charge on any atom is -0.369 e. The summed E-state index contributed by atoms with van der Waals surface area (Å²) < 4.78 is 28.3. The lowest BCUT2D eigenvalue weighted by molar-refractivity contribution is 0.598. The number of aryl methyl sites for hydroxylation is 2. The number of guanidine groups is 1. The van der Waals surface area contributed by atoms with Crippen molar-refractivity contribution in [3.63, 3.8) is 0 Å². The molecule has 0 aromatic heterocycles. The van der Waals surface area contributed by atoms with Gasteiger partial charge in [-0.1, -0.05) is 42.0 Å². The molecule has 0 fully saturated rings. The molecule has 124 valence electrons. The van der Waals surface area contributed by atoms with Crippen LogP contribution in [0.5, 0.6) is 0 Å². The van der Waals surface area contributed by atoms with E-state index in [9.17, 15) is 8.42 Å². The molecular formula is C18H19N3O2S. The van der Waals surface area contributed by atoms with E-state index in [4.69, 9.17) is 5.73 Å². The van der Waals surface area contributed by atoms with Crippen molar-refractivity contribution < 1.29 is 8.42 Å². The molecular weight excluding hydrogens is 322 g/mol. The molecule has 0 unspecified atom stereocenters. The maximum absolute atomic E-state index is 12.3. The lowest BCUT2D eigenvalue weighted by atomic mass is 9.96. The highest BCUT2D eigenvalue weighted by Crippen LogP contribution is 2.26. The summed E-state index contributed by atoms with van der Waals surface area (Å²) in [6, 6.07) is 12.3. The van der Waals surface area contributed by atoms with Gasteiger partial charge in [-0.25, -0.2) is 0 Å². The fourth-order valence-electron chi connectivity index (χ4n) is 2.63. The van der Waals surface area contributed by atoms with Gasteiger partial charge < -0.3 is 11.1 Å². The molecule has 2 aromatic rings. The molecule has 0 atom stereocenters. The van der Waals surface area contributed by atoms with Crippen molar-refractivity contribution in [2.24, 2.45) is 10.1 Å². The van der Waals surface area contributed by atoms with Gasteiger partial charge in [-0.15, -0.1) is 4.40 Å². The third-order valence-corrected chi connectivity index (χ3v) is 5.17. The normalized spacial score (nSPS) is 14.3. The molecule has 0 bridgehead atoms. The van der Waals surface area contributed by atoms with Crippen molar-refractivity contribution >= 4 is 27.7 Å². The maximum Gasteiger partial charge on any atom is 0.285 e. The fourth-order valence-corrected chi connectivity index (χ4v) is 3.52. The molecule has 0 heterocycles. The van der Waals surface area contributed by atoms with Gasteiger partial charge in [0.1, 0.15) is 0 Å². The average molecular weight is 341 g/mol. The Balaban J connectivity index is 1.87. The van der Waals surface area contributed by atoms with Gasteiger partial charge in [0.25, 0.3) is 10.0 Å². The fraction of sp³-hybridized carbons (Fsp3) is 0.167. The van der Waals surface area contributed by atoms with Crippen molar-refractivity contribution in [2.45, 2.75) is 24.7 Å². The number of allylic oxidation sites excluding steroid dienone is 1. The molecule has 24 heavy (non-hydrogen) atoms. The molecule has 0 saturated heterocycles. The lowest BCUT2D eigenvalue weighted by Gasteiger charge is -2.15. The highest BCUT2D eigenvalue weighted by Gasteiger charge is 2.14. The van der Waals surface area contributed by atoms with Gasteiger partial charge in [-0.3, -0.25) is 0 Å². The molecule has 0 amide bonds. The molecule has 1 aliphatic carbocycles. The summed E-state index contributed by atoms with van der Waals surface area (Å²) in [5, 5.41) is 2.90. The van der Waals surface area contributed by atoms with E-state index >= 15 is 0 Å². The topological polar surface area (TPSA) is 84.5 Å². The number of anilines is 1. The number of benzene rings is 2. The summed E-state index contributed by atoms with van der Waals surface area (Å²) in [7, 11) is -3.84. The van der Waals surface area contributed by atoms with Gasteiger partial charge in [0.2, 0.25) is 5.96 Å². The van der Waals surface area contributed by atoms with E-state index in [0.717, 1.165) is 29.7 Å². The molecule has 3 rings (SSSR count). The third-order valence-electron chi connectivity index (χ3n) is 3.86. The van der Waals surface area contributed by atoms with Crippen LogP contribution in [0.1, 0.15) is 23.1 Å². The van der Waals surface area contributed by atoms with E-state index in [1.54, 1.807) is 12.1 Å². The second-order valence-corrected chi connectivity index (χ2v) is 7.31. The first kappa shape index (κ1) is 16.3. The van der Waals surface area contributed by atoms with Crippen molar-refractivity contribution in [1.29, 1.82) is 0 Å². The first-order valence-electron chi connectivity index (χ1n) is 7.68. The van der Waals surface area contributed by atoms with E-state index in [-0.39, 0.29) is 10.9 Å². The van der Waals surface area contributed by atoms with Crippen LogP contribution in [0.25, 0.3) is 6.08 Å². The zero-order chi connectivity index (χ0) is 17.2. The Morgan fingerprint density at radius 3 is 2.67 bits per heavy atom. The van der Waals surface area contributed by atoms with Crippen molar-refractivity contribution in [3.8, 4) is 0 Å². The summed E-state index contributed by atoms with van der Waals surface area (Å²) in [6.45, 7) is 1.89. The van der Waals surface area contributed by atoms with E-state index < -0.39 is 10.0 Å². The molecule has 1 aliphatic rings. The number of fused-ring (bicyclic) bond motifs is 1. The summed E-state index contributed by atoms with van der Waals surface area (Å²) in [5.74, 6) is -0.150. The summed E-state index contributed by atoms with van der Waals surface area (Å²) in [5.41, 5.74) is 9.79. The Bertz CT molecular complexity index is 914. The predicted molar refractivity (Wildman–Crippen MR) is 97.4 cm³/mol. The summed E-state index contributed by atoms with van der Waals surface area (Å²) in [4.78, 5) is 0.118. The van der Waals surface area contributed by atoms with Gasteiger partial charge in [-0.2, -0.15) is 8.42 Å². The minimum atomic E-state index is -3.84. The Labute approximate surface area is 142 Å². The largest absolute Gasteiger partial charge is 0.369 e. The van der Waals surface area contributed by atoms with Gasteiger partial charge in [0.15, 0.2) is 0 Å². The first-order valence-corrected chi connectivity index (χ1v) is 9.12. The molecule has 0 spiro atoms. The Morgan fingerprint density at radius 2 is 1.92 bits per heavy atom. The second-order valence-electron chi connectivity index (χ2n) is 5.71. The number of hydrogen-bond acceptors (Lipinski definition) is 2. The maximum atomic E-state index is 12.3. The lowest BCUT2D eigenvalue weighted by Crippen LogP contribution is -2.24. The number of hydrogen-bond donors (Lipinski definition) is 2. The SMILES string of the molecule is Cc1ccc(S(=O)(=O)/N=C(\N)Nc2cccc3c2C=CCC3)cc1. The number of nitrogens with zero attached hydrogens (tertiary/aromatic N) is 1. The molecule has 6 heteroatoms. The average Bonchev–Trinajstić information content (AvgIpc) is 2.55. The highest BCUT2D eigenvalue weighted by molar-refractivity contribution is 7.90. The van der Waals surface area contributed by atoms with Crippen molar-refractivity contribution in [2.75, 3.05) is 5.32 Å². The van der Waals surface area contributed by atoms with Crippen LogP contribution in [0.4, 0.5) is 5.69 Å². The van der Waals surface area contributed by atoms with E-state index in [1.165, 1.54) is 17.7 Å². The van der Waals surface area contributed by atoms with Crippen LogP contribution < -0.4 is 11.1 Å². The number of nitrogens with two attached hydrogens (primary N) is 1. The molecule has 0 saturated carbocycles. The number of sulfonamides is 1. The smallest absolute Gasteiger partial charge is 0.285 e. The van der Waals surface area contributed by atoms with Crippen LogP contribution >= 0.6 is 0 Å². The molecule has 0 aliphatic heterocycles. The molecule has 5 nitrogen and oxygen atoms in total. The van der Waals surface area contributed by atoms with Crippen LogP contribution in [-0.4, -0.2) is 14.4 Å². The van der Waals surface area contributed by atoms with Crippen LogP contribution in [-0.2, 0) is 16.4 Å². The van der Waals surface area contributed by atoms with E-state index in [0.29, 0.717) is 0 Å². The molecule has 0 radical (unpaired) electrons. The Hall–Kier alpha value is -2.60. The Morgan fingerprint density at radius 1 is 1.17 bits per heavy atom. The molecule has 3 N–H and O–H groups in total. The van der Waals surface area contributed by atoms with Crippen molar-refractivity contribution in [1.82, 2.24) is 0 Å². The predicted octanol–water partition coefficient (Wildman–Crippen LogP) is 3.07. The van der Waals surface area contributed by atoms with Gasteiger partial charge in [-0.05, 0) is 43.5 Å². The monoisotopic (exact) mass is 341 g/mol. The molecule has 2 aromatic carbocycles. The van der Waals surface area contributed by atoms with E-state index in [2.05, 4.69) is 21.9 Å². The second kappa shape index (κ2) is 6.49. The van der Waals surface area contributed by atoms with Crippen LogP contribution in [0.15, 0.2) is 57.8 Å². The first-order chi connectivity index (χ1) is 11.5. The van der Waals surface area contributed by atoms with Crippen LogP contribution in [0, 0.1) is 6.92 Å². The summed E-state index contributed by atoms with van der Waals surface area (Å²) >= 11 is 0. The standard InChI is InChI=1S/C18H19N3O2S/c1-13-9-11-15(12-10-13)24(22,23)21-18(19)20-17-8-4-6-14-5-2-3-7-16(14)17/h3-4,6-12H,2,5H2,1H3,(H3,19,20,21). The highest BCUT2D eigenvalue weighted by atomic mass is 32.2. The summed E-state index contributed by atoms with van der Waals surface area (Å²) in [6.07, 6.45) is 6.06. The number of nitrogens with one attached hydrogen (secondary N) is 1. The Kier molecular flexibility index (Phi) is 4.40.